The molecule has 0 aliphatic heterocycles. The summed E-state index contributed by atoms with van der Waals surface area (Å²) in [6.45, 7) is 10.2. The average molecular weight is 286 g/mol. The molecule has 0 aliphatic carbocycles. The van der Waals surface area contributed by atoms with Crippen LogP contribution >= 0.6 is 0 Å². The Morgan fingerprint density at radius 2 is 2.10 bits per heavy atom. The van der Waals surface area contributed by atoms with Gasteiger partial charge in [0.25, 0.3) is 5.91 Å². The van der Waals surface area contributed by atoms with Crippen LogP contribution in [0.25, 0.3) is 0 Å². The van der Waals surface area contributed by atoms with Crippen LogP contribution in [0.1, 0.15) is 48.7 Å². The van der Waals surface area contributed by atoms with E-state index < -0.39 is 0 Å². The first-order valence-corrected chi connectivity index (χ1v) is 7.62. The summed E-state index contributed by atoms with van der Waals surface area (Å²) < 4.78 is 0. The van der Waals surface area contributed by atoms with Gasteiger partial charge in [-0.15, -0.1) is 0 Å². The fraction of sp³-hybridized carbons (Fsp3) is 0.500. The van der Waals surface area contributed by atoms with Gasteiger partial charge in [-0.25, -0.2) is 0 Å². The topological polar surface area (TPSA) is 46.3 Å². The molecule has 0 spiro atoms. The molecule has 3 nitrogen and oxygen atoms in total. The fourth-order valence-corrected chi connectivity index (χ4v) is 2.08. The highest BCUT2D eigenvalue weighted by Gasteiger charge is 2.16. The molecule has 0 bridgehead atoms. The molecule has 0 aromatic heterocycles. The number of aryl methyl sites for hydroxylation is 1. The zero-order chi connectivity index (χ0) is 15.8. The van der Waals surface area contributed by atoms with Crippen molar-refractivity contribution in [1.82, 2.24) is 4.90 Å². The third-order valence-electron chi connectivity index (χ3n) is 3.71. The van der Waals surface area contributed by atoms with Crippen molar-refractivity contribution in [3.8, 4) is 11.8 Å². The maximum Gasteiger partial charge on any atom is 0.253 e. The molecular weight excluding hydrogens is 260 g/mol. The Morgan fingerprint density at radius 3 is 2.67 bits per heavy atom. The maximum absolute atomic E-state index is 12.6. The van der Waals surface area contributed by atoms with Crippen LogP contribution in [0.3, 0.4) is 0 Å². The molecule has 1 aromatic rings. The lowest BCUT2D eigenvalue weighted by Gasteiger charge is -2.24. The van der Waals surface area contributed by atoms with Crippen LogP contribution in [-0.2, 0) is 0 Å². The molecule has 1 atom stereocenters. The van der Waals surface area contributed by atoms with E-state index in [1.165, 1.54) is 0 Å². The number of nitrogens with zero attached hydrogens (tertiary/aromatic N) is 1. The molecule has 0 saturated heterocycles. The minimum absolute atomic E-state index is 0.0774. The molecular formula is C18H26N2O. The minimum atomic E-state index is 0.0774. The molecule has 1 amide bonds. The van der Waals surface area contributed by atoms with Crippen molar-refractivity contribution in [2.45, 2.75) is 34.1 Å². The minimum Gasteiger partial charge on any atom is -0.339 e. The number of hydrogen-bond acceptors (Lipinski definition) is 2. The Labute approximate surface area is 128 Å². The van der Waals surface area contributed by atoms with Gasteiger partial charge < -0.3 is 10.6 Å². The molecule has 0 saturated carbocycles. The van der Waals surface area contributed by atoms with Gasteiger partial charge in [0.1, 0.15) is 0 Å². The number of carbonyl (C=O) groups excluding carboxylic acids is 1. The average Bonchev–Trinajstić information content (AvgIpc) is 2.50. The molecule has 3 heteroatoms. The Bertz CT molecular complexity index is 540. The second-order valence-corrected chi connectivity index (χ2v) is 5.39. The van der Waals surface area contributed by atoms with E-state index in [1.807, 2.05) is 36.9 Å². The maximum atomic E-state index is 12.6. The first kappa shape index (κ1) is 17.3. The second kappa shape index (κ2) is 8.49. The van der Waals surface area contributed by atoms with Gasteiger partial charge in [0.2, 0.25) is 0 Å². The zero-order valence-electron chi connectivity index (χ0n) is 13.6. The van der Waals surface area contributed by atoms with Gasteiger partial charge >= 0.3 is 0 Å². The van der Waals surface area contributed by atoms with Gasteiger partial charge in [-0.3, -0.25) is 4.79 Å². The van der Waals surface area contributed by atoms with Crippen LogP contribution in [0.15, 0.2) is 18.2 Å². The summed E-state index contributed by atoms with van der Waals surface area (Å²) in [5.41, 5.74) is 8.06. The number of benzene rings is 1. The summed E-state index contributed by atoms with van der Waals surface area (Å²) in [6, 6.07) is 5.70. The van der Waals surface area contributed by atoms with Crippen molar-refractivity contribution in [2.24, 2.45) is 11.7 Å². The SMILES string of the molecule is CCC(C)CN(CC)C(=O)c1ccc(C)c(C#CCN)c1. The van der Waals surface area contributed by atoms with Crippen molar-refractivity contribution in [2.75, 3.05) is 19.6 Å². The summed E-state index contributed by atoms with van der Waals surface area (Å²) in [5, 5.41) is 0. The summed E-state index contributed by atoms with van der Waals surface area (Å²) in [6.07, 6.45) is 1.07. The zero-order valence-corrected chi connectivity index (χ0v) is 13.6. The van der Waals surface area contributed by atoms with Gasteiger partial charge in [0, 0.05) is 24.2 Å². The Kier molecular flexibility index (Phi) is 6.98. The summed E-state index contributed by atoms with van der Waals surface area (Å²) in [5.74, 6) is 6.47. The third-order valence-corrected chi connectivity index (χ3v) is 3.71. The molecule has 0 radical (unpaired) electrons. The van der Waals surface area contributed by atoms with Gasteiger partial charge in [-0.05, 0) is 37.5 Å². The normalized spacial score (nSPS) is 11.5. The van der Waals surface area contributed by atoms with Crippen LogP contribution in [-0.4, -0.2) is 30.4 Å². The Morgan fingerprint density at radius 1 is 1.38 bits per heavy atom. The number of amides is 1. The third kappa shape index (κ3) is 4.91. The standard InChI is InChI=1S/C18H26N2O/c1-5-14(3)13-20(6-2)18(21)17-10-9-15(4)16(12-17)8-7-11-19/h9-10,12,14H,5-6,11,13,19H2,1-4H3. The molecule has 0 fully saturated rings. The van der Waals surface area contributed by atoms with Gasteiger partial charge in [-0.2, -0.15) is 0 Å². The molecule has 1 rings (SSSR count). The van der Waals surface area contributed by atoms with Gasteiger partial charge in [0.15, 0.2) is 0 Å². The summed E-state index contributed by atoms with van der Waals surface area (Å²) in [4.78, 5) is 14.5. The summed E-state index contributed by atoms with van der Waals surface area (Å²) >= 11 is 0. The summed E-state index contributed by atoms with van der Waals surface area (Å²) in [7, 11) is 0. The number of carbonyl (C=O) groups is 1. The van der Waals surface area contributed by atoms with Crippen molar-refractivity contribution in [3.05, 3.63) is 34.9 Å². The van der Waals surface area contributed by atoms with Crippen LogP contribution in [0.2, 0.25) is 0 Å². The van der Waals surface area contributed by atoms with Crippen LogP contribution in [0.5, 0.6) is 0 Å². The molecule has 1 unspecified atom stereocenters. The molecule has 0 heterocycles. The smallest absolute Gasteiger partial charge is 0.253 e. The predicted octanol–water partition coefficient (Wildman–Crippen LogP) is 2.81. The van der Waals surface area contributed by atoms with Crippen molar-refractivity contribution in [1.29, 1.82) is 0 Å². The van der Waals surface area contributed by atoms with Crippen LogP contribution < -0.4 is 5.73 Å². The van der Waals surface area contributed by atoms with E-state index in [0.717, 1.165) is 30.6 Å². The first-order chi connectivity index (χ1) is 10.0. The van der Waals surface area contributed by atoms with E-state index in [-0.39, 0.29) is 5.91 Å². The number of rotatable bonds is 5. The highest BCUT2D eigenvalue weighted by Crippen LogP contribution is 2.14. The van der Waals surface area contributed by atoms with Crippen LogP contribution in [0.4, 0.5) is 0 Å². The first-order valence-electron chi connectivity index (χ1n) is 7.62. The molecule has 1 aromatic carbocycles. The Hall–Kier alpha value is -1.79. The van der Waals surface area contributed by atoms with Crippen LogP contribution in [0, 0.1) is 24.7 Å². The molecule has 2 N–H and O–H groups in total. The lowest BCUT2D eigenvalue weighted by Crippen LogP contribution is -2.34. The Balaban J connectivity index is 3.00. The highest BCUT2D eigenvalue weighted by atomic mass is 16.2. The molecule has 21 heavy (non-hydrogen) atoms. The van der Waals surface area contributed by atoms with E-state index in [2.05, 4.69) is 25.7 Å². The molecule has 0 aliphatic rings. The van der Waals surface area contributed by atoms with Gasteiger partial charge in [0.05, 0.1) is 6.54 Å². The lowest BCUT2D eigenvalue weighted by molar-refractivity contribution is 0.0741. The van der Waals surface area contributed by atoms with E-state index in [0.29, 0.717) is 18.0 Å². The monoisotopic (exact) mass is 286 g/mol. The predicted molar refractivity (Wildman–Crippen MR) is 88.1 cm³/mol. The van der Waals surface area contributed by atoms with E-state index in [1.54, 1.807) is 0 Å². The van der Waals surface area contributed by atoms with E-state index >= 15 is 0 Å². The quantitative estimate of drug-likeness (QED) is 0.846. The number of hydrogen-bond donors (Lipinski definition) is 1. The number of nitrogens with two attached hydrogens (primary N) is 1. The van der Waals surface area contributed by atoms with E-state index in [4.69, 9.17) is 5.73 Å². The largest absolute Gasteiger partial charge is 0.339 e. The van der Waals surface area contributed by atoms with Crippen molar-refractivity contribution < 1.29 is 4.79 Å². The fourth-order valence-electron chi connectivity index (χ4n) is 2.08. The second-order valence-electron chi connectivity index (χ2n) is 5.39. The van der Waals surface area contributed by atoms with Crippen molar-refractivity contribution in [3.63, 3.8) is 0 Å². The highest BCUT2D eigenvalue weighted by molar-refractivity contribution is 5.94. The van der Waals surface area contributed by atoms with E-state index in [9.17, 15) is 4.79 Å². The van der Waals surface area contributed by atoms with Crippen molar-refractivity contribution >= 4 is 5.91 Å². The lowest BCUT2D eigenvalue weighted by atomic mass is 10.0. The van der Waals surface area contributed by atoms with Gasteiger partial charge in [-0.1, -0.05) is 38.2 Å². The molecule has 114 valence electrons.